The van der Waals surface area contributed by atoms with Crippen LogP contribution in [0.4, 0.5) is 4.79 Å². The van der Waals surface area contributed by atoms with Crippen molar-refractivity contribution in [2.75, 3.05) is 20.2 Å². The van der Waals surface area contributed by atoms with Crippen LogP contribution in [0.1, 0.15) is 88.8 Å². The maximum absolute atomic E-state index is 11.9. The molecule has 6 rings (SSSR count). The summed E-state index contributed by atoms with van der Waals surface area (Å²) in [5.41, 5.74) is 9.71. The molecule has 228 valence electrons. The van der Waals surface area contributed by atoms with E-state index in [4.69, 9.17) is 9.72 Å². The van der Waals surface area contributed by atoms with Crippen molar-refractivity contribution in [2.45, 2.75) is 70.6 Å². The summed E-state index contributed by atoms with van der Waals surface area (Å²) in [4.78, 5) is 30.4. The second-order valence-corrected chi connectivity index (χ2v) is 11.9. The van der Waals surface area contributed by atoms with Crippen LogP contribution in [0.5, 0.6) is 0 Å². The second kappa shape index (κ2) is 12.6. The minimum Gasteiger partial charge on any atom is -0.478 e. The summed E-state index contributed by atoms with van der Waals surface area (Å²) in [5.74, 6) is 0.487. The van der Waals surface area contributed by atoms with Crippen LogP contribution in [0.25, 0.3) is 17.1 Å². The summed E-state index contributed by atoms with van der Waals surface area (Å²) in [7, 11) is 1.45. The van der Waals surface area contributed by atoms with Gasteiger partial charge in [-0.3, -0.25) is 0 Å². The number of aromatic nitrogens is 3. The third-order valence-electron chi connectivity index (χ3n) is 9.41. The van der Waals surface area contributed by atoms with Crippen LogP contribution in [0.15, 0.2) is 60.8 Å². The van der Waals surface area contributed by atoms with Gasteiger partial charge in [0.15, 0.2) is 5.82 Å². The third-order valence-corrected chi connectivity index (χ3v) is 9.41. The first kappa shape index (κ1) is 29.6. The van der Waals surface area contributed by atoms with Gasteiger partial charge in [0.25, 0.3) is 0 Å². The highest BCUT2D eigenvalue weighted by molar-refractivity contribution is 5.88. The Morgan fingerprint density at radius 2 is 1.80 bits per heavy atom. The van der Waals surface area contributed by atoms with Gasteiger partial charge in [0.1, 0.15) is 5.56 Å². The molecule has 0 saturated carbocycles. The van der Waals surface area contributed by atoms with Gasteiger partial charge in [-0.15, -0.1) is 0 Å². The number of hydrogen-bond donors (Lipinski definition) is 1. The van der Waals surface area contributed by atoms with Crippen molar-refractivity contribution < 1.29 is 19.4 Å². The van der Waals surface area contributed by atoms with Gasteiger partial charge in [-0.1, -0.05) is 56.3 Å². The number of benzene rings is 2. The number of carboxylic acid groups (broad SMARTS) is 1. The SMILES string of the molecule is CCc1cc(CC2CCc3cccc(-c4cccc(-n5cc(C(=O)O)c(CC)n5)n4)c32)ccc1C1CCN(C(=O)OC)CC1. The molecule has 2 aromatic carbocycles. The molecule has 1 atom stereocenters. The molecule has 1 N–H and O–H groups in total. The van der Waals surface area contributed by atoms with Gasteiger partial charge in [0.2, 0.25) is 0 Å². The van der Waals surface area contributed by atoms with E-state index in [1.165, 1.54) is 34.9 Å². The van der Waals surface area contributed by atoms with E-state index in [-0.39, 0.29) is 11.7 Å². The molecular formula is C36H40N4O4. The van der Waals surface area contributed by atoms with Crippen molar-refractivity contribution in [3.05, 3.63) is 99.9 Å². The molecule has 1 aliphatic heterocycles. The Bertz CT molecular complexity index is 1690. The summed E-state index contributed by atoms with van der Waals surface area (Å²) >= 11 is 0. The van der Waals surface area contributed by atoms with Crippen molar-refractivity contribution in [3.8, 4) is 17.1 Å². The number of piperidine rings is 1. The fraction of sp³-hybridized carbons (Fsp3) is 0.389. The zero-order valence-electron chi connectivity index (χ0n) is 25.8. The number of carbonyl (C=O) groups is 2. The monoisotopic (exact) mass is 592 g/mol. The van der Waals surface area contributed by atoms with Crippen molar-refractivity contribution in [3.63, 3.8) is 0 Å². The van der Waals surface area contributed by atoms with E-state index in [0.29, 0.717) is 29.8 Å². The lowest BCUT2D eigenvalue weighted by atomic mass is 9.83. The summed E-state index contributed by atoms with van der Waals surface area (Å²) < 4.78 is 6.50. The fourth-order valence-corrected chi connectivity index (χ4v) is 7.16. The van der Waals surface area contributed by atoms with Crippen LogP contribution < -0.4 is 0 Å². The van der Waals surface area contributed by atoms with Gasteiger partial charge in [-0.25, -0.2) is 19.3 Å². The van der Waals surface area contributed by atoms with Gasteiger partial charge < -0.3 is 14.7 Å². The van der Waals surface area contributed by atoms with Crippen LogP contribution in [0.2, 0.25) is 0 Å². The van der Waals surface area contributed by atoms with E-state index < -0.39 is 5.97 Å². The number of nitrogens with zero attached hydrogens (tertiary/aromatic N) is 4. The number of ether oxygens (including phenoxy) is 1. The van der Waals surface area contributed by atoms with Gasteiger partial charge in [0, 0.05) is 24.8 Å². The summed E-state index contributed by atoms with van der Waals surface area (Å²) in [5, 5.41) is 14.1. The van der Waals surface area contributed by atoms with Crippen molar-refractivity contribution in [1.82, 2.24) is 19.7 Å². The van der Waals surface area contributed by atoms with E-state index in [0.717, 1.165) is 62.9 Å². The number of carboxylic acids is 1. The molecule has 0 radical (unpaired) electrons. The van der Waals surface area contributed by atoms with Crippen LogP contribution >= 0.6 is 0 Å². The minimum atomic E-state index is -0.976. The number of likely N-dealkylation sites (tertiary alicyclic amines) is 1. The zero-order valence-corrected chi connectivity index (χ0v) is 25.8. The molecule has 0 spiro atoms. The van der Waals surface area contributed by atoms with Gasteiger partial charge in [-0.05, 0) is 96.7 Å². The topological polar surface area (TPSA) is 97.5 Å². The molecule has 4 aromatic rings. The average molecular weight is 593 g/mol. The summed E-state index contributed by atoms with van der Waals surface area (Å²) in [6.45, 7) is 5.61. The molecular weight excluding hydrogens is 552 g/mol. The molecule has 1 amide bonds. The van der Waals surface area contributed by atoms with E-state index in [1.54, 1.807) is 15.8 Å². The first-order valence-corrected chi connectivity index (χ1v) is 15.8. The smallest absolute Gasteiger partial charge is 0.409 e. The molecule has 8 nitrogen and oxygen atoms in total. The van der Waals surface area contributed by atoms with E-state index in [2.05, 4.69) is 48.4 Å². The lowest BCUT2D eigenvalue weighted by Crippen LogP contribution is -2.37. The lowest BCUT2D eigenvalue weighted by Gasteiger charge is -2.32. The second-order valence-electron chi connectivity index (χ2n) is 11.9. The molecule has 2 aliphatic rings. The third kappa shape index (κ3) is 5.73. The molecule has 44 heavy (non-hydrogen) atoms. The Morgan fingerprint density at radius 3 is 2.50 bits per heavy atom. The number of amides is 1. The highest BCUT2D eigenvalue weighted by Gasteiger charge is 2.28. The molecule has 3 heterocycles. The Kier molecular flexibility index (Phi) is 8.51. The Morgan fingerprint density at radius 1 is 1.00 bits per heavy atom. The van der Waals surface area contributed by atoms with Crippen LogP contribution in [0, 0.1) is 0 Å². The first-order chi connectivity index (χ1) is 21.4. The molecule has 1 aliphatic carbocycles. The molecule has 8 heteroatoms. The number of aromatic carboxylic acids is 1. The van der Waals surface area contributed by atoms with Crippen molar-refractivity contribution in [1.29, 1.82) is 0 Å². The maximum Gasteiger partial charge on any atom is 0.409 e. The van der Waals surface area contributed by atoms with Crippen LogP contribution in [0.3, 0.4) is 0 Å². The van der Waals surface area contributed by atoms with Crippen LogP contribution in [-0.4, -0.2) is 57.0 Å². The van der Waals surface area contributed by atoms with E-state index >= 15 is 0 Å². The molecule has 1 saturated heterocycles. The number of fused-ring (bicyclic) bond motifs is 1. The predicted octanol–water partition coefficient (Wildman–Crippen LogP) is 6.98. The number of methoxy groups -OCH3 is 1. The number of carbonyl (C=O) groups excluding carboxylic acids is 1. The van der Waals surface area contributed by atoms with Gasteiger partial charge in [0.05, 0.1) is 18.5 Å². The quantitative estimate of drug-likeness (QED) is 0.237. The molecule has 1 unspecified atom stereocenters. The Labute approximate surface area is 258 Å². The average Bonchev–Trinajstić information content (AvgIpc) is 3.69. The highest BCUT2D eigenvalue weighted by atomic mass is 16.5. The highest BCUT2D eigenvalue weighted by Crippen LogP contribution is 2.42. The first-order valence-electron chi connectivity index (χ1n) is 15.8. The molecule has 1 fully saturated rings. The number of hydrogen-bond acceptors (Lipinski definition) is 5. The van der Waals surface area contributed by atoms with E-state index in [1.807, 2.05) is 25.1 Å². The summed E-state index contributed by atoms with van der Waals surface area (Å²) in [6, 6.07) is 19.4. The Balaban J connectivity index is 1.25. The summed E-state index contributed by atoms with van der Waals surface area (Å²) in [6.07, 6.45) is 7.89. The normalized spacial score (nSPS) is 16.6. The number of pyridine rings is 1. The molecule has 2 aromatic heterocycles. The predicted molar refractivity (Wildman–Crippen MR) is 170 cm³/mol. The van der Waals surface area contributed by atoms with Gasteiger partial charge >= 0.3 is 12.1 Å². The number of aryl methyl sites for hydroxylation is 3. The van der Waals surface area contributed by atoms with Crippen LogP contribution in [-0.2, 0) is 30.4 Å². The van der Waals surface area contributed by atoms with Crippen molar-refractivity contribution >= 4 is 12.1 Å². The maximum atomic E-state index is 11.9. The minimum absolute atomic E-state index is 0.212. The van der Waals surface area contributed by atoms with Crippen molar-refractivity contribution in [2.24, 2.45) is 0 Å². The zero-order chi connectivity index (χ0) is 30.8. The largest absolute Gasteiger partial charge is 0.478 e. The fourth-order valence-electron chi connectivity index (χ4n) is 7.16. The lowest BCUT2D eigenvalue weighted by molar-refractivity contribution is 0.0695. The number of rotatable bonds is 8. The standard InChI is InChI=1S/C36H40N4O4/c1-4-24-20-23(12-15-28(24)25-16-18-39(19-17-25)36(43)44-3)21-27-14-13-26-8-6-9-29(34(26)27)32-10-7-11-33(37-32)40-22-30(35(41)42)31(5-2)38-40/h6-12,15,20,22,25,27H,4-5,13-14,16-19,21H2,1-3H3,(H,41,42). The molecule has 0 bridgehead atoms. The Hall–Kier alpha value is -4.46. The van der Waals surface area contributed by atoms with Gasteiger partial charge in [-0.2, -0.15) is 5.10 Å². The van der Waals surface area contributed by atoms with E-state index in [9.17, 15) is 14.7 Å².